The summed E-state index contributed by atoms with van der Waals surface area (Å²) < 4.78 is 27.5. The van der Waals surface area contributed by atoms with Gasteiger partial charge in [-0.15, -0.1) is 11.3 Å². The lowest BCUT2D eigenvalue weighted by Crippen LogP contribution is -2.49. The summed E-state index contributed by atoms with van der Waals surface area (Å²) in [6, 6.07) is 18.7. The molecule has 162 valence electrons. The number of thiophene rings is 1. The highest BCUT2D eigenvalue weighted by atomic mass is 32.2. The third kappa shape index (κ3) is 5.26. The Hall–Kier alpha value is -2.84. The van der Waals surface area contributed by atoms with Crippen molar-refractivity contribution < 1.29 is 13.2 Å². The van der Waals surface area contributed by atoms with Crippen LogP contribution >= 0.6 is 11.3 Å². The highest BCUT2D eigenvalue weighted by Crippen LogP contribution is 2.21. The summed E-state index contributed by atoms with van der Waals surface area (Å²) in [5.41, 5.74) is 3.78. The van der Waals surface area contributed by atoms with E-state index >= 15 is 0 Å². The van der Waals surface area contributed by atoms with E-state index in [-0.39, 0.29) is 10.1 Å². The molecule has 1 N–H and O–H groups in total. The molecule has 31 heavy (non-hydrogen) atoms. The quantitative estimate of drug-likeness (QED) is 0.615. The number of anilines is 2. The van der Waals surface area contributed by atoms with Crippen LogP contribution in [0.4, 0.5) is 11.4 Å². The van der Waals surface area contributed by atoms with E-state index in [1.807, 2.05) is 4.90 Å². The maximum Gasteiger partial charge on any atom is 0.271 e. The molecule has 6 nitrogen and oxygen atoms in total. The van der Waals surface area contributed by atoms with Gasteiger partial charge in [-0.25, -0.2) is 8.42 Å². The Morgan fingerprint density at radius 3 is 2.39 bits per heavy atom. The van der Waals surface area contributed by atoms with Gasteiger partial charge >= 0.3 is 0 Å². The number of carbonyl (C=O) groups is 1. The maximum absolute atomic E-state index is 12.7. The van der Waals surface area contributed by atoms with Gasteiger partial charge in [0.2, 0.25) is 5.91 Å². The standard InChI is InChI=1S/C23H25N3O3S2/c1-18-4-2-5-21(16-18)25-11-13-26(14-12-25)22(27)17-19-7-9-20(10-8-19)24-31(28,29)23-6-3-15-30-23/h2-10,15-16,24H,11-14,17H2,1H3. The minimum absolute atomic E-state index is 0.0933. The average molecular weight is 456 g/mol. The lowest BCUT2D eigenvalue weighted by Gasteiger charge is -2.36. The van der Waals surface area contributed by atoms with Gasteiger partial charge < -0.3 is 9.80 Å². The number of benzene rings is 2. The van der Waals surface area contributed by atoms with Gasteiger partial charge in [0.05, 0.1) is 6.42 Å². The van der Waals surface area contributed by atoms with E-state index in [2.05, 4.69) is 40.8 Å². The molecule has 0 saturated carbocycles. The summed E-state index contributed by atoms with van der Waals surface area (Å²) >= 11 is 1.17. The van der Waals surface area contributed by atoms with Gasteiger partial charge in [0.25, 0.3) is 10.0 Å². The molecule has 1 aromatic heterocycles. The van der Waals surface area contributed by atoms with E-state index < -0.39 is 10.0 Å². The smallest absolute Gasteiger partial charge is 0.271 e. The van der Waals surface area contributed by atoms with Crippen molar-refractivity contribution in [2.45, 2.75) is 17.6 Å². The van der Waals surface area contributed by atoms with Gasteiger partial charge in [0.15, 0.2) is 0 Å². The predicted molar refractivity (Wildman–Crippen MR) is 125 cm³/mol. The SMILES string of the molecule is Cc1cccc(N2CCN(C(=O)Cc3ccc(NS(=O)(=O)c4cccs4)cc3)CC2)c1. The number of piperazine rings is 1. The van der Waals surface area contributed by atoms with Crippen molar-refractivity contribution >= 4 is 38.6 Å². The van der Waals surface area contributed by atoms with Crippen LogP contribution in [0.3, 0.4) is 0 Å². The molecule has 3 aromatic rings. The predicted octanol–water partition coefficient (Wildman–Crippen LogP) is 3.75. The molecule has 4 rings (SSSR count). The number of nitrogens with one attached hydrogen (secondary N) is 1. The number of hydrogen-bond donors (Lipinski definition) is 1. The minimum Gasteiger partial charge on any atom is -0.368 e. The molecule has 1 amide bonds. The first-order valence-electron chi connectivity index (χ1n) is 10.2. The molecule has 0 atom stereocenters. The maximum atomic E-state index is 12.7. The fraction of sp³-hybridized carbons (Fsp3) is 0.261. The Balaban J connectivity index is 1.31. The van der Waals surface area contributed by atoms with E-state index in [0.29, 0.717) is 25.2 Å². The molecule has 1 aliphatic heterocycles. The number of rotatable bonds is 6. The molecule has 0 aliphatic carbocycles. The summed E-state index contributed by atoms with van der Waals surface area (Å²) in [5, 5.41) is 1.73. The van der Waals surface area contributed by atoms with Gasteiger partial charge in [-0.1, -0.05) is 30.3 Å². The highest BCUT2D eigenvalue weighted by molar-refractivity contribution is 7.94. The highest BCUT2D eigenvalue weighted by Gasteiger charge is 2.21. The molecule has 1 fully saturated rings. The van der Waals surface area contributed by atoms with Gasteiger partial charge in [-0.05, 0) is 53.8 Å². The summed E-state index contributed by atoms with van der Waals surface area (Å²) in [6.07, 6.45) is 0.308. The first kappa shape index (κ1) is 21.4. The van der Waals surface area contributed by atoms with Gasteiger partial charge in [0, 0.05) is 37.6 Å². The van der Waals surface area contributed by atoms with Crippen LogP contribution in [0.2, 0.25) is 0 Å². The third-order valence-corrected chi connectivity index (χ3v) is 8.10. The van der Waals surface area contributed by atoms with Gasteiger partial charge in [-0.2, -0.15) is 0 Å². The monoisotopic (exact) mass is 455 g/mol. The summed E-state index contributed by atoms with van der Waals surface area (Å²) in [7, 11) is -3.57. The fourth-order valence-electron chi connectivity index (χ4n) is 3.64. The zero-order valence-electron chi connectivity index (χ0n) is 17.3. The number of amides is 1. The van der Waals surface area contributed by atoms with Crippen LogP contribution in [0.5, 0.6) is 0 Å². The lowest BCUT2D eigenvalue weighted by molar-refractivity contribution is -0.130. The number of hydrogen-bond acceptors (Lipinski definition) is 5. The van der Waals surface area contributed by atoms with Crippen LogP contribution in [-0.4, -0.2) is 45.4 Å². The Morgan fingerprint density at radius 2 is 1.74 bits per heavy atom. The molecule has 0 bridgehead atoms. The summed E-state index contributed by atoms with van der Waals surface area (Å²) in [6.45, 7) is 5.12. The Bertz CT molecular complexity index is 1140. The van der Waals surface area contributed by atoms with Gasteiger partial charge in [-0.3, -0.25) is 9.52 Å². The molecular weight excluding hydrogens is 430 g/mol. The Morgan fingerprint density at radius 1 is 1.00 bits per heavy atom. The summed E-state index contributed by atoms with van der Waals surface area (Å²) in [5.74, 6) is 0.0933. The second-order valence-electron chi connectivity index (χ2n) is 7.62. The van der Waals surface area contributed by atoms with E-state index in [1.54, 1.807) is 41.8 Å². The first-order valence-corrected chi connectivity index (χ1v) is 12.5. The molecule has 2 heterocycles. The van der Waals surface area contributed by atoms with Crippen LogP contribution in [0.15, 0.2) is 70.3 Å². The van der Waals surface area contributed by atoms with E-state index in [0.717, 1.165) is 18.7 Å². The average Bonchev–Trinajstić information content (AvgIpc) is 3.31. The van der Waals surface area contributed by atoms with Gasteiger partial charge in [0.1, 0.15) is 4.21 Å². The Kier molecular flexibility index (Phi) is 6.29. The topological polar surface area (TPSA) is 69.7 Å². The molecule has 8 heteroatoms. The molecule has 0 spiro atoms. The van der Waals surface area contributed by atoms with E-state index in [9.17, 15) is 13.2 Å². The van der Waals surface area contributed by atoms with Crippen molar-refractivity contribution in [3.05, 3.63) is 77.2 Å². The first-order chi connectivity index (χ1) is 14.9. The van der Waals surface area contributed by atoms with Crippen LogP contribution in [-0.2, 0) is 21.2 Å². The van der Waals surface area contributed by atoms with Crippen molar-refractivity contribution in [2.24, 2.45) is 0 Å². The number of nitrogens with zero attached hydrogens (tertiary/aromatic N) is 2. The largest absolute Gasteiger partial charge is 0.368 e. The molecular formula is C23H25N3O3S2. The third-order valence-electron chi connectivity index (χ3n) is 5.32. The van der Waals surface area contributed by atoms with Crippen LogP contribution in [0.25, 0.3) is 0 Å². The number of sulfonamides is 1. The molecule has 1 saturated heterocycles. The zero-order valence-corrected chi connectivity index (χ0v) is 19.0. The molecule has 1 aliphatic rings. The van der Waals surface area contributed by atoms with Crippen LogP contribution in [0, 0.1) is 6.92 Å². The number of aryl methyl sites for hydroxylation is 1. The second kappa shape index (κ2) is 9.11. The van der Waals surface area contributed by atoms with Crippen molar-refractivity contribution in [3.8, 4) is 0 Å². The van der Waals surface area contributed by atoms with Crippen LogP contribution in [0.1, 0.15) is 11.1 Å². The van der Waals surface area contributed by atoms with E-state index in [4.69, 9.17) is 0 Å². The zero-order chi connectivity index (χ0) is 21.8. The van der Waals surface area contributed by atoms with E-state index in [1.165, 1.54) is 22.6 Å². The molecule has 2 aromatic carbocycles. The minimum atomic E-state index is -3.57. The second-order valence-corrected chi connectivity index (χ2v) is 10.5. The number of carbonyl (C=O) groups excluding carboxylic acids is 1. The molecule has 0 radical (unpaired) electrons. The van der Waals surface area contributed by atoms with Crippen molar-refractivity contribution in [3.63, 3.8) is 0 Å². The summed E-state index contributed by atoms with van der Waals surface area (Å²) in [4.78, 5) is 16.9. The molecule has 0 unspecified atom stereocenters. The normalized spacial score (nSPS) is 14.5. The Labute approximate surface area is 187 Å². The van der Waals surface area contributed by atoms with Crippen molar-refractivity contribution in [1.82, 2.24) is 4.90 Å². The lowest BCUT2D eigenvalue weighted by atomic mass is 10.1. The van der Waals surface area contributed by atoms with Crippen molar-refractivity contribution in [1.29, 1.82) is 0 Å². The van der Waals surface area contributed by atoms with Crippen molar-refractivity contribution in [2.75, 3.05) is 35.8 Å². The fourth-order valence-corrected chi connectivity index (χ4v) is 5.69. The van der Waals surface area contributed by atoms with Crippen LogP contribution < -0.4 is 9.62 Å².